The van der Waals surface area contributed by atoms with E-state index in [-0.39, 0.29) is 0 Å². The lowest BCUT2D eigenvalue weighted by Crippen LogP contribution is -2.07. The molecular weight excluding hydrogens is 400 g/mol. The Balaban J connectivity index is 1.50. The lowest BCUT2D eigenvalue weighted by atomic mass is 9.97. The largest absolute Gasteiger partial charge is 0.378 e. The van der Waals surface area contributed by atoms with Crippen LogP contribution in [0.15, 0.2) is 91.0 Å². The first-order valence-electron chi connectivity index (χ1n) is 10.1. The number of benzene rings is 4. The van der Waals surface area contributed by atoms with Crippen LogP contribution in [0.1, 0.15) is 0 Å². The molecule has 5 rings (SSSR count). The molecule has 0 atom stereocenters. The molecule has 0 saturated heterocycles. The molecule has 0 aliphatic rings. The number of aromatic nitrogens is 2. The van der Waals surface area contributed by atoms with Crippen LogP contribution in [0.25, 0.3) is 33.3 Å². The molecule has 5 heteroatoms. The van der Waals surface area contributed by atoms with Crippen LogP contribution >= 0.6 is 11.7 Å². The predicted molar refractivity (Wildman–Crippen MR) is 132 cm³/mol. The smallest absolute Gasteiger partial charge is 0.112 e. The van der Waals surface area contributed by atoms with E-state index in [0.29, 0.717) is 0 Å². The molecule has 1 aromatic heterocycles. The summed E-state index contributed by atoms with van der Waals surface area (Å²) in [6.45, 7) is 0. The van der Waals surface area contributed by atoms with Crippen molar-refractivity contribution in [3.05, 3.63) is 91.0 Å². The Hall–Kier alpha value is -3.70. The Labute approximate surface area is 186 Å². The van der Waals surface area contributed by atoms with Crippen LogP contribution in [0.3, 0.4) is 0 Å². The van der Waals surface area contributed by atoms with Crippen molar-refractivity contribution in [2.45, 2.75) is 0 Å². The highest BCUT2D eigenvalue weighted by atomic mass is 32.1. The minimum Gasteiger partial charge on any atom is -0.378 e. The van der Waals surface area contributed by atoms with Gasteiger partial charge in [-0.25, -0.2) is 0 Å². The molecule has 0 saturated carbocycles. The summed E-state index contributed by atoms with van der Waals surface area (Å²) in [6.07, 6.45) is 0. The number of fused-ring (bicyclic) bond motifs is 1. The van der Waals surface area contributed by atoms with Gasteiger partial charge in [-0.2, -0.15) is 8.75 Å². The SMILES string of the molecule is CN(C)c1ccc(-c2cc(-c3ccc(Nc4ccccc4)cc3)cc3nsnc23)cc1. The van der Waals surface area contributed by atoms with Crippen molar-refractivity contribution in [3.63, 3.8) is 0 Å². The van der Waals surface area contributed by atoms with Gasteiger partial charge in [-0.1, -0.05) is 42.5 Å². The molecule has 0 spiro atoms. The molecule has 0 unspecified atom stereocenters. The zero-order valence-corrected chi connectivity index (χ0v) is 18.2. The van der Waals surface area contributed by atoms with E-state index in [1.165, 1.54) is 17.4 Å². The molecule has 4 nitrogen and oxygen atoms in total. The summed E-state index contributed by atoms with van der Waals surface area (Å²) < 4.78 is 9.08. The van der Waals surface area contributed by atoms with E-state index in [0.717, 1.165) is 44.7 Å². The van der Waals surface area contributed by atoms with Crippen LogP contribution in [0.5, 0.6) is 0 Å². The zero-order chi connectivity index (χ0) is 21.2. The van der Waals surface area contributed by atoms with Crippen molar-refractivity contribution in [3.8, 4) is 22.3 Å². The molecule has 31 heavy (non-hydrogen) atoms. The average molecular weight is 423 g/mol. The first-order chi connectivity index (χ1) is 15.2. The number of rotatable bonds is 5. The maximum absolute atomic E-state index is 4.56. The van der Waals surface area contributed by atoms with Crippen LogP contribution in [0, 0.1) is 0 Å². The maximum atomic E-state index is 4.56. The second-order valence-corrected chi connectivity index (χ2v) is 8.19. The maximum Gasteiger partial charge on any atom is 0.112 e. The van der Waals surface area contributed by atoms with Gasteiger partial charge >= 0.3 is 0 Å². The van der Waals surface area contributed by atoms with E-state index >= 15 is 0 Å². The quantitative estimate of drug-likeness (QED) is 0.337. The van der Waals surface area contributed by atoms with Crippen LogP contribution in [-0.2, 0) is 0 Å². The van der Waals surface area contributed by atoms with Crippen LogP contribution in [0.2, 0.25) is 0 Å². The van der Waals surface area contributed by atoms with Gasteiger partial charge in [0, 0.05) is 36.7 Å². The second kappa shape index (κ2) is 8.20. The first-order valence-corrected chi connectivity index (χ1v) is 10.9. The van der Waals surface area contributed by atoms with Gasteiger partial charge in [0.25, 0.3) is 0 Å². The Kier molecular flexibility index (Phi) is 5.10. The van der Waals surface area contributed by atoms with Crippen molar-refractivity contribution in [1.82, 2.24) is 8.75 Å². The molecular formula is C26H22N4S. The fourth-order valence-electron chi connectivity index (χ4n) is 3.65. The molecule has 0 radical (unpaired) electrons. The molecule has 5 aromatic rings. The molecule has 1 N–H and O–H groups in total. The highest BCUT2D eigenvalue weighted by molar-refractivity contribution is 7.00. The van der Waals surface area contributed by atoms with Gasteiger partial charge < -0.3 is 10.2 Å². The Bertz CT molecular complexity index is 1310. The highest BCUT2D eigenvalue weighted by Crippen LogP contribution is 2.34. The van der Waals surface area contributed by atoms with E-state index in [4.69, 9.17) is 0 Å². The molecule has 4 aromatic carbocycles. The normalized spacial score (nSPS) is 10.9. The Morgan fingerprint density at radius 1 is 0.677 bits per heavy atom. The van der Waals surface area contributed by atoms with E-state index in [1.807, 2.05) is 18.2 Å². The first kappa shape index (κ1) is 19.3. The van der Waals surface area contributed by atoms with Crippen molar-refractivity contribution in [1.29, 1.82) is 0 Å². The van der Waals surface area contributed by atoms with Gasteiger partial charge in [0.15, 0.2) is 0 Å². The molecule has 0 bridgehead atoms. The lowest BCUT2D eigenvalue weighted by Gasteiger charge is -2.13. The predicted octanol–water partition coefficient (Wildman–Crippen LogP) is 6.83. The summed E-state index contributed by atoms with van der Waals surface area (Å²) in [4.78, 5) is 2.10. The van der Waals surface area contributed by atoms with Crippen LogP contribution in [0.4, 0.5) is 17.1 Å². The highest BCUT2D eigenvalue weighted by Gasteiger charge is 2.12. The fourth-order valence-corrected chi connectivity index (χ4v) is 4.19. The van der Waals surface area contributed by atoms with Crippen molar-refractivity contribution in [2.75, 3.05) is 24.3 Å². The van der Waals surface area contributed by atoms with Gasteiger partial charge in [0.1, 0.15) is 11.0 Å². The Morgan fingerprint density at radius 3 is 2.06 bits per heavy atom. The van der Waals surface area contributed by atoms with E-state index in [1.54, 1.807) is 0 Å². The molecule has 0 aliphatic heterocycles. The monoisotopic (exact) mass is 422 g/mol. The van der Waals surface area contributed by atoms with Gasteiger partial charge in [-0.15, -0.1) is 0 Å². The standard InChI is InChI=1S/C26H22N4S/c1-30(2)23-14-10-19(11-15-23)24-16-20(17-25-26(24)29-31-28-25)18-8-12-22(13-9-18)27-21-6-4-3-5-7-21/h3-17,27H,1-2H3. The molecule has 0 fully saturated rings. The van der Waals surface area contributed by atoms with Crippen LogP contribution < -0.4 is 10.2 Å². The number of hydrogen-bond donors (Lipinski definition) is 1. The van der Waals surface area contributed by atoms with Crippen molar-refractivity contribution >= 4 is 39.8 Å². The molecule has 0 aliphatic carbocycles. The van der Waals surface area contributed by atoms with E-state index < -0.39 is 0 Å². The molecule has 1 heterocycles. The second-order valence-electron chi connectivity index (χ2n) is 7.67. The third-order valence-electron chi connectivity index (χ3n) is 5.34. The number of nitrogens with zero attached hydrogens (tertiary/aromatic N) is 3. The van der Waals surface area contributed by atoms with Gasteiger partial charge in [0.05, 0.1) is 11.7 Å². The van der Waals surface area contributed by atoms with E-state index in [9.17, 15) is 0 Å². The number of anilines is 3. The summed E-state index contributed by atoms with van der Waals surface area (Å²) in [7, 11) is 4.10. The zero-order valence-electron chi connectivity index (χ0n) is 17.4. The van der Waals surface area contributed by atoms with Gasteiger partial charge in [-0.05, 0) is 65.2 Å². The lowest BCUT2D eigenvalue weighted by molar-refractivity contribution is 1.13. The van der Waals surface area contributed by atoms with Crippen molar-refractivity contribution < 1.29 is 0 Å². The summed E-state index contributed by atoms with van der Waals surface area (Å²) in [5.41, 5.74) is 9.74. The summed E-state index contributed by atoms with van der Waals surface area (Å²) >= 11 is 1.26. The number of hydrogen-bond acceptors (Lipinski definition) is 5. The fraction of sp³-hybridized carbons (Fsp3) is 0.0769. The minimum absolute atomic E-state index is 0.931. The Morgan fingerprint density at radius 2 is 1.35 bits per heavy atom. The van der Waals surface area contributed by atoms with Gasteiger partial charge in [-0.3, -0.25) is 0 Å². The minimum atomic E-state index is 0.931. The third-order valence-corrected chi connectivity index (χ3v) is 5.88. The summed E-state index contributed by atoms with van der Waals surface area (Å²) in [6, 6.07) is 31.6. The summed E-state index contributed by atoms with van der Waals surface area (Å²) in [5, 5.41) is 3.44. The van der Waals surface area contributed by atoms with Crippen molar-refractivity contribution in [2.24, 2.45) is 0 Å². The van der Waals surface area contributed by atoms with Crippen LogP contribution in [-0.4, -0.2) is 22.8 Å². The number of para-hydroxylation sites is 1. The van der Waals surface area contributed by atoms with Gasteiger partial charge in [0.2, 0.25) is 0 Å². The summed E-state index contributed by atoms with van der Waals surface area (Å²) in [5.74, 6) is 0. The van der Waals surface area contributed by atoms with E-state index in [2.05, 4.69) is 106 Å². The number of nitrogens with one attached hydrogen (secondary N) is 1. The molecule has 0 amide bonds. The topological polar surface area (TPSA) is 41.0 Å². The third kappa shape index (κ3) is 4.00. The average Bonchev–Trinajstić information content (AvgIpc) is 3.28. The molecule has 152 valence electrons.